The van der Waals surface area contributed by atoms with Gasteiger partial charge in [-0.1, -0.05) is 0 Å². The second kappa shape index (κ2) is 5.18. The van der Waals surface area contributed by atoms with Crippen LogP contribution in [0.15, 0.2) is 16.5 Å². The number of halogens is 3. The van der Waals surface area contributed by atoms with Gasteiger partial charge in [-0.15, -0.1) is 0 Å². The van der Waals surface area contributed by atoms with Crippen molar-refractivity contribution in [1.29, 1.82) is 0 Å². The molecule has 2 aromatic rings. The lowest BCUT2D eigenvalue weighted by Gasteiger charge is -2.39. The average Bonchev–Trinajstić information content (AvgIpc) is 2.72. The van der Waals surface area contributed by atoms with Gasteiger partial charge in [0, 0.05) is 24.0 Å². The minimum Gasteiger partial charge on any atom is -0.493 e. The summed E-state index contributed by atoms with van der Waals surface area (Å²) in [5.74, 6) is -1.39. The summed E-state index contributed by atoms with van der Waals surface area (Å²) in [6.07, 6.45) is -4.26. The molecule has 0 spiro atoms. The van der Waals surface area contributed by atoms with Gasteiger partial charge in [0.15, 0.2) is 17.1 Å². The van der Waals surface area contributed by atoms with E-state index in [2.05, 4.69) is 0 Å². The van der Waals surface area contributed by atoms with E-state index in [9.17, 15) is 18.0 Å². The molecule has 1 aromatic carbocycles. The number of likely N-dealkylation sites (tertiary alicyclic amines) is 1. The third-order valence-electron chi connectivity index (χ3n) is 4.19. The Morgan fingerprint density at radius 2 is 1.96 bits per heavy atom. The van der Waals surface area contributed by atoms with Crippen molar-refractivity contribution in [1.82, 2.24) is 4.90 Å². The van der Waals surface area contributed by atoms with Gasteiger partial charge in [-0.05, 0) is 31.5 Å². The van der Waals surface area contributed by atoms with Crippen molar-refractivity contribution in [3.63, 3.8) is 0 Å². The van der Waals surface area contributed by atoms with E-state index in [-0.39, 0.29) is 18.8 Å². The van der Waals surface area contributed by atoms with Crippen molar-refractivity contribution < 1.29 is 27.1 Å². The van der Waals surface area contributed by atoms with Crippen molar-refractivity contribution in [3.8, 4) is 5.75 Å². The predicted molar refractivity (Wildman–Crippen MR) is 77.7 cm³/mol. The Bertz CT molecular complexity index is 773. The van der Waals surface area contributed by atoms with Crippen LogP contribution in [0, 0.1) is 19.8 Å². The highest BCUT2D eigenvalue weighted by molar-refractivity contribution is 6.00. The highest BCUT2D eigenvalue weighted by Gasteiger charge is 2.49. The van der Waals surface area contributed by atoms with E-state index in [4.69, 9.17) is 9.15 Å². The average molecular weight is 327 g/mol. The van der Waals surface area contributed by atoms with Gasteiger partial charge < -0.3 is 14.1 Å². The van der Waals surface area contributed by atoms with Crippen LogP contribution in [0.25, 0.3) is 11.0 Å². The molecule has 1 fully saturated rings. The number of nitrogens with zero attached hydrogens (tertiary/aromatic N) is 1. The fourth-order valence-electron chi connectivity index (χ4n) is 2.78. The molecule has 1 aliphatic rings. The molecule has 0 aliphatic carbocycles. The summed E-state index contributed by atoms with van der Waals surface area (Å²) in [5, 5.41) is 0.734. The molecule has 3 rings (SSSR count). The molecule has 0 saturated carbocycles. The molecule has 1 amide bonds. The SMILES string of the molecule is COc1cc(C)cc2c(C)c(C(=O)N3CC(C(F)(F)F)C3)oc12. The number of furan rings is 1. The number of aryl methyl sites for hydroxylation is 2. The first kappa shape index (κ1) is 15.7. The summed E-state index contributed by atoms with van der Waals surface area (Å²) in [7, 11) is 1.50. The topological polar surface area (TPSA) is 42.7 Å². The summed E-state index contributed by atoms with van der Waals surface area (Å²) in [5.41, 5.74) is 1.99. The zero-order chi connectivity index (χ0) is 16.9. The Kier molecular flexibility index (Phi) is 3.54. The second-order valence-electron chi connectivity index (χ2n) is 5.85. The van der Waals surface area contributed by atoms with E-state index >= 15 is 0 Å². The quantitative estimate of drug-likeness (QED) is 0.845. The van der Waals surface area contributed by atoms with Gasteiger partial charge in [-0.3, -0.25) is 4.79 Å². The maximum Gasteiger partial charge on any atom is 0.395 e. The Morgan fingerprint density at radius 3 is 2.52 bits per heavy atom. The number of rotatable bonds is 2. The standard InChI is InChI=1S/C16H16F3NO3/c1-8-4-11-9(2)13(23-14(11)12(5-8)22-3)15(21)20-6-10(7-20)16(17,18)19/h4-5,10H,6-7H2,1-3H3. The first-order chi connectivity index (χ1) is 10.7. The highest BCUT2D eigenvalue weighted by atomic mass is 19.4. The molecule has 0 bridgehead atoms. The number of carbonyl (C=O) groups is 1. The molecule has 1 saturated heterocycles. The van der Waals surface area contributed by atoms with Gasteiger partial charge in [0.05, 0.1) is 13.0 Å². The Balaban J connectivity index is 1.92. The summed E-state index contributed by atoms with van der Waals surface area (Å²) < 4.78 is 48.5. The second-order valence-corrected chi connectivity index (χ2v) is 5.85. The summed E-state index contributed by atoms with van der Waals surface area (Å²) in [6, 6.07) is 3.64. The minimum atomic E-state index is -4.26. The molecule has 1 aromatic heterocycles. The van der Waals surface area contributed by atoms with Crippen LogP contribution in [-0.4, -0.2) is 37.2 Å². The molecule has 124 valence electrons. The zero-order valence-electron chi connectivity index (χ0n) is 13.0. The van der Waals surface area contributed by atoms with Crippen LogP contribution in [-0.2, 0) is 0 Å². The van der Waals surface area contributed by atoms with Crippen LogP contribution in [0.4, 0.5) is 13.2 Å². The number of carbonyl (C=O) groups excluding carboxylic acids is 1. The number of fused-ring (bicyclic) bond motifs is 1. The lowest BCUT2D eigenvalue weighted by atomic mass is 9.98. The van der Waals surface area contributed by atoms with Crippen LogP contribution < -0.4 is 4.74 Å². The normalized spacial score (nSPS) is 15.8. The number of amides is 1. The summed E-state index contributed by atoms with van der Waals surface area (Å²) >= 11 is 0. The maximum atomic E-state index is 12.6. The third-order valence-corrected chi connectivity index (χ3v) is 4.19. The van der Waals surface area contributed by atoms with Crippen molar-refractivity contribution in [2.24, 2.45) is 5.92 Å². The molecule has 2 heterocycles. The lowest BCUT2D eigenvalue weighted by Crippen LogP contribution is -2.55. The minimum absolute atomic E-state index is 0.0736. The molecule has 23 heavy (non-hydrogen) atoms. The number of hydrogen-bond donors (Lipinski definition) is 0. The molecular formula is C16H16F3NO3. The molecule has 0 N–H and O–H groups in total. The van der Waals surface area contributed by atoms with Crippen LogP contribution in [0.1, 0.15) is 21.7 Å². The number of hydrogen-bond acceptors (Lipinski definition) is 3. The van der Waals surface area contributed by atoms with Gasteiger partial charge in [0.2, 0.25) is 0 Å². The number of benzene rings is 1. The fraction of sp³-hybridized carbons (Fsp3) is 0.438. The van der Waals surface area contributed by atoms with E-state index in [1.54, 1.807) is 13.0 Å². The maximum absolute atomic E-state index is 12.6. The highest BCUT2D eigenvalue weighted by Crippen LogP contribution is 2.37. The smallest absolute Gasteiger partial charge is 0.395 e. The Hall–Kier alpha value is -2.18. The van der Waals surface area contributed by atoms with E-state index in [0.717, 1.165) is 15.8 Å². The van der Waals surface area contributed by atoms with Crippen LogP contribution in [0.5, 0.6) is 5.75 Å². The zero-order valence-corrected chi connectivity index (χ0v) is 13.0. The van der Waals surface area contributed by atoms with Gasteiger partial charge >= 0.3 is 6.18 Å². The molecule has 0 radical (unpaired) electrons. The molecular weight excluding hydrogens is 311 g/mol. The van der Waals surface area contributed by atoms with Crippen molar-refractivity contribution in [2.75, 3.05) is 20.2 Å². The van der Waals surface area contributed by atoms with Gasteiger partial charge in [0.25, 0.3) is 5.91 Å². The first-order valence-corrected chi connectivity index (χ1v) is 7.16. The third kappa shape index (κ3) is 2.54. The van der Waals surface area contributed by atoms with Crippen LogP contribution in [0.3, 0.4) is 0 Å². The van der Waals surface area contributed by atoms with Gasteiger partial charge in [-0.2, -0.15) is 13.2 Å². The van der Waals surface area contributed by atoms with Gasteiger partial charge in [-0.25, -0.2) is 0 Å². The summed E-state index contributed by atoms with van der Waals surface area (Å²) in [6.45, 7) is 2.96. The number of alkyl halides is 3. The van der Waals surface area contributed by atoms with Gasteiger partial charge in [0.1, 0.15) is 0 Å². The van der Waals surface area contributed by atoms with E-state index in [0.29, 0.717) is 16.9 Å². The molecule has 4 nitrogen and oxygen atoms in total. The van der Waals surface area contributed by atoms with E-state index < -0.39 is 18.0 Å². The molecule has 1 aliphatic heterocycles. The summed E-state index contributed by atoms with van der Waals surface area (Å²) in [4.78, 5) is 13.6. The van der Waals surface area contributed by atoms with Crippen LogP contribution >= 0.6 is 0 Å². The Labute approximate surface area is 130 Å². The van der Waals surface area contributed by atoms with Crippen LogP contribution in [0.2, 0.25) is 0 Å². The van der Waals surface area contributed by atoms with Crippen molar-refractivity contribution in [2.45, 2.75) is 20.0 Å². The lowest BCUT2D eigenvalue weighted by molar-refractivity contribution is -0.202. The van der Waals surface area contributed by atoms with Crippen molar-refractivity contribution >= 4 is 16.9 Å². The van der Waals surface area contributed by atoms with Crippen molar-refractivity contribution in [3.05, 3.63) is 29.0 Å². The molecule has 7 heteroatoms. The molecule has 0 atom stereocenters. The first-order valence-electron chi connectivity index (χ1n) is 7.16. The fourth-order valence-corrected chi connectivity index (χ4v) is 2.78. The number of ether oxygens (including phenoxy) is 1. The Morgan fingerprint density at radius 1 is 1.30 bits per heavy atom. The largest absolute Gasteiger partial charge is 0.493 e. The van der Waals surface area contributed by atoms with E-state index in [1.165, 1.54) is 7.11 Å². The monoisotopic (exact) mass is 327 g/mol. The number of methoxy groups -OCH3 is 1. The molecule has 0 unspecified atom stereocenters. The predicted octanol–water partition coefficient (Wildman–Crippen LogP) is 3.69. The van der Waals surface area contributed by atoms with E-state index in [1.807, 2.05) is 13.0 Å².